The van der Waals surface area contributed by atoms with Crippen molar-refractivity contribution in [1.82, 2.24) is 14.5 Å². The number of hydrogen-bond donors (Lipinski definition) is 1. The molecule has 2 aromatic rings. The van der Waals surface area contributed by atoms with Gasteiger partial charge in [0.1, 0.15) is 5.82 Å². The highest BCUT2D eigenvalue weighted by atomic mass is 32.2. The van der Waals surface area contributed by atoms with Gasteiger partial charge in [-0.25, -0.2) is 17.5 Å². The van der Waals surface area contributed by atoms with Crippen LogP contribution in [0, 0.1) is 17.1 Å². The van der Waals surface area contributed by atoms with Crippen LogP contribution in [0.1, 0.15) is 17.5 Å². The van der Waals surface area contributed by atoms with Gasteiger partial charge in [0.2, 0.25) is 10.0 Å². The van der Waals surface area contributed by atoms with Crippen molar-refractivity contribution >= 4 is 10.0 Å². The van der Waals surface area contributed by atoms with Crippen LogP contribution >= 0.6 is 0 Å². The first-order valence-corrected chi connectivity index (χ1v) is 12.7. The van der Waals surface area contributed by atoms with Gasteiger partial charge in [0.25, 0.3) is 0 Å². The van der Waals surface area contributed by atoms with E-state index in [2.05, 4.69) is 14.5 Å². The Labute approximate surface area is 194 Å². The number of fused-ring (bicyclic) bond motifs is 2. The van der Waals surface area contributed by atoms with Gasteiger partial charge in [0, 0.05) is 39.3 Å². The summed E-state index contributed by atoms with van der Waals surface area (Å²) >= 11 is 0. The standard InChI is InChI=1S/C24H29FN4O3S/c25-21-6-2-19(3-7-21)10-13-29-17-22-15-28(16-23(18-29)32-22)12-1-11-27-33(30,31)24-8-4-20(14-26)5-9-24/h2-9,22-23,27H,1,10-13,15-18H2. The molecule has 9 heteroatoms. The Balaban J connectivity index is 1.18. The summed E-state index contributed by atoms with van der Waals surface area (Å²) in [5.74, 6) is -0.207. The second kappa shape index (κ2) is 10.7. The third-order valence-electron chi connectivity index (χ3n) is 6.10. The molecule has 2 unspecified atom stereocenters. The lowest BCUT2D eigenvalue weighted by Crippen LogP contribution is -2.59. The van der Waals surface area contributed by atoms with Gasteiger partial charge in [-0.05, 0) is 61.3 Å². The second-order valence-electron chi connectivity index (χ2n) is 8.66. The highest BCUT2D eigenvalue weighted by Gasteiger charge is 2.34. The molecule has 2 aromatic carbocycles. The topological polar surface area (TPSA) is 85.7 Å². The summed E-state index contributed by atoms with van der Waals surface area (Å²) in [6, 6.07) is 14.6. The summed E-state index contributed by atoms with van der Waals surface area (Å²) in [6.07, 6.45) is 1.91. The van der Waals surface area contributed by atoms with E-state index in [1.165, 1.54) is 36.4 Å². The lowest BCUT2D eigenvalue weighted by molar-refractivity contribution is -0.138. The lowest BCUT2D eigenvalue weighted by Gasteiger charge is -2.46. The molecule has 0 saturated carbocycles. The molecule has 0 amide bonds. The summed E-state index contributed by atoms with van der Waals surface area (Å²) in [5, 5.41) is 8.84. The Morgan fingerprint density at radius 1 is 0.970 bits per heavy atom. The van der Waals surface area contributed by atoms with Gasteiger partial charge in [-0.2, -0.15) is 5.26 Å². The predicted molar refractivity (Wildman–Crippen MR) is 123 cm³/mol. The molecule has 0 aromatic heterocycles. The number of benzene rings is 2. The molecule has 2 atom stereocenters. The zero-order valence-electron chi connectivity index (χ0n) is 18.5. The number of halogens is 1. The van der Waals surface area contributed by atoms with Crippen LogP contribution in [0.15, 0.2) is 53.4 Å². The molecule has 4 rings (SSSR count). The van der Waals surface area contributed by atoms with Crippen LogP contribution in [0.2, 0.25) is 0 Å². The van der Waals surface area contributed by atoms with E-state index >= 15 is 0 Å². The summed E-state index contributed by atoms with van der Waals surface area (Å²) in [4.78, 5) is 4.94. The molecule has 7 nitrogen and oxygen atoms in total. The van der Waals surface area contributed by atoms with E-state index in [1.807, 2.05) is 18.2 Å². The molecule has 0 radical (unpaired) electrons. The smallest absolute Gasteiger partial charge is 0.240 e. The molecule has 2 aliphatic heterocycles. The fourth-order valence-electron chi connectivity index (χ4n) is 4.47. The molecule has 0 spiro atoms. The lowest BCUT2D eigenvalue weighted by atomic mass is 10.1. The van der Waals surface area contributed by atoms with Crippen LogP contribution in [0.25, 0.3) is 0 Å². The molecule has 0 aliphatic carbocycles. The molecule has 176 valence electrons. The highest BCUT2D eigenvalue weighted by molar-refractivity contribution is 7.89. The van der Waals surface area contributed by atoms with Gasteiger partial charge in [-0.15, -0.1) is 0 Å². The van der Waals surface area contributed by atoms with Crippen LogP contribution in [-0.2, 0) is 21.2 Å². The SMILES string of the molecule is N#Cc1ccc(S(=O)(=O)NCCCN2CC3CN(CCc4ccc(F)cc4)CC(C2)O3)cc1. The third-order valence-corrected chi connectivity index (χ3v) is 7.58. The van der Waals surface area contributed by atoms with Crippen molar-refractivity contribution in [3.8, 4) is 6.07 Å². The summed E-state index contributed by atoms with van der Waals surface area (Å²) in [6.45, 7) is 5.52. The Hall–Kier alpha value is -2.35. The van der Waals surface area contributed by atoms with E-state index in [1.54, 1.807) is 0 Å². The van der Waals surface area contributed by atoms with Crippen LogP contribution in [0.3, 0.4) is 0 Å². The molecule has 2 bridgehead atoms. The number of rotatable bonds is 9. The number of nitriles is 1. The molecule has 2 heterocycles. The van der Waals surface area contributed by atoms with Gasteiger partial charge >= 0.3 is 0 Å². The zero-order valence-corrected chi connectivity index (χ0v) is 19.3. The molecule has 2 saturated heterocycles. The van der Waals surface area contributed by atoms with E-state index in [4.69, 9.17) is 10.00 Å². The summed E-state index contributed by atoms with van der Waals surface area (Å²) in [5.41, 5.74) is 1.57. The molecule has 1 N–H and O–H groups in total. The molecular formula is C24H29FN4O3S. The maximum Gasteiger partial charge on any atom is 0.240 e. The molecule has 2 fully saturated rings. The largest absolute Gasteiger partial charge is 0.370 e. The Bertz CT molecular complexity index is 1060. The minimum absolute atomic E-state index is 0.154. The van der Waals surface area contributed by atoms with Crippen LogP contribution < -0.4 is 4.72 Å². The Morgan fingerprint density at radius 3 is 2.18 bits per heavy atom. The second-order valence-corrected chi connectivity index (χ2v) is 10.4. The van der Waals surface area contributed by atoms with Crippen molar-refractivity contribution < 1.29 is 17.5 Å². The molecule has 2 aliphatic rings. The number of morpholine rings is 2. The van der Waals surface area contributed by atoms with E-state index < -0.39 is 10.0 Å². The Morgan fingerprint density at radius 2 is 1.58 bits per heavy atom. The number of nitrogens with zero attached hydrogens (tertiary/aromatic N) is 3. The van der Waals surface area contributed by atoms with Gasteiger partial charge in [-0.3, -0.25) is 9.80 Å². The molecular weight excluding hydrogens is 443 g/mol. The number of sulfonamides is 1. The first-order valence-electron chi connectivity index (χ1n) is 11.3. The van der Waals surface area contributed by atoms with Crippen molar-refractivity contribution in [2.24, 2.45) is 0 Å². The minimum atomic E-state index is -3.57. The summed E-state index contributed by atoms with van der Waals surface area (Å²) < 4.78 is 46.7. The predicted octanol–water partition coefficient (Wildman–Crippen LogP) is 1.99. The number of hydrogen-bond acceptors (Lipinski definition) is 6. The van der Waals surface area contributed by atoms with Crippen LogP contribution in [-0.4, -0.2) is 76.2 Å². The van der Waals surface area contributed by atoms with E-state index in [0.29, 0.717) is 18.5 Å². The monoisotopic (exact) mass is 472 g/mol. The van der Waals surface area contributed by atoms with Gasteiger partial charge in [0.15, 0.2) is 0 Å². The van der Waals surface area contributed by atoms with Crippen molar-refractivity contribution in [3.05, 3.63) is 65.5 Å². The van der Waals surface area contributed by atoms with Gasteiger partial charge in [0.05, 0.1) is 28.7 Å². The quantitative estimate of drug-likeness (QED) is 0.562. The molecule has 33 heavy (non-hydrogen) atoms. The fourth-order valence-corrected chi connectivity index (χ4v) is 5.54. The Kier molecular flexibility index (Phi) is 7.73. The third kappa shape index (κ3) is 6.59. The number of ether oxygens (including phenoxy) is 1. The normalized spacial score (nSPS) is 21.6. The van der Waals surface area contributed by atoms with Crippen molar-refractivity contribution in [2.75, 3.05) is 45.8 Å². The average molecular weight is 473 g/mol. The fraction of sp³-hybridized carbons (Fsp3) is 0.458. The number of nitrogens with one attached hydrogen (secondary N) is 1. The minimum Gasteiger partial charge on any atom is -0.370 e. The van der Waals surface area contributed by atoms with Crippen LogP contribution in [0.4, 0.5) is 4.39 Å². The maximum atomic E-state index is 13.1. The van der Waals surface area contributed by atoms with E-state index in [0.717, 1.165) is 51.3 Å². The van der Waals surface area contributed by atoms with Crippen molar-refractivity contribution in [2.45, 2.75) is 29.9 Å². The average Bonchev–Trinajstić information content (AvgIpc) is 2.81. The zero-order chi connectivity index (χ0) is 23.3. The van der Waals surface area contributed by atoms with Crippen molar-refractivity contribution in [3.63, 3.8) is 0 Å². The van der Waals surface area contributed by atoms with Crippen LogP contribution in [0.5, 0.6) is 0 Å². The van der Waals surface area contributed by atoms with Crippen molar-refractivity contribution in [1.29, 1.82) is 5.26 Å². The van der Waals surface area contributed by atoms with E-state index in [-0.39, 0.29) is 22.9 Å². The highest BCUT2D eigenvalue weighted by Crippen LogP contribution is 2.20. The van der Waals surface area contributed by atoms with E-state index in [9.17, 15) is 12.8 Å². The van der Waals surface area contributed by atoms with Gasteiger partial charge < -0.3 is 4.74 Å². The summed E-state index contributed by atoms with van der Waals surface area (Å²) in [7, 11) is -3.57. The van der Waals surface area contributed by atoms with Gasteiger partial charge in [-0.1, -0.05) is 12.1 Å². The first kappa shape index (κ1) is 23.8. The first-order chi connectivity index (χ1) is 15.9. The maximum absolute atomic E-state index is 13.1.